The van der Waals surface area contributed by atoms with Gasteiger partial charge >= 0.3 is 0 Å². The van der Waals surface area contributed by atoms with E-state index >= 15 is 0 Å². The summed E-state index contributed by atoms with van der Waals surface area (Å²) in [5.41, 5.74) is 0.321. The van der Waals surface area contributed by atoms with Crippen molar-refractivity contribution in [1.82, 2.24) is 10.6 Å². The van der Waals surface area contributed by atoms with Gasteiger partial charge in [0.25, 0.3) is 5.91 Å². The van der Waals surface area contributed by atoms with Crippen LogP contribution in [0.25, 0.3) is 0 Å². The first-order chi connectivity index (χ1) is 12.0. The van der Waals surface area contributed by atoms with Crippen molar-refractivity contribution in [2.24, 2.45) is 23.2 Å². The SMILES string of the molecule is C[C@@H](NC(=O)CCNC(=O)c1ccco1)C12CC3CC(CC(C3)C1)C2. The van der Waals surface area contributed by atoms with Crippen molar-refractivity contribution in [2.45, 2.75) is 57.9 Å². The summed E-state index contributed by atoms with van der Waals surface area (Å²) in [5.74, 6) is 2.70. The molecule has 0 radical (unpaired) electrons. The molecular formula is C20H28N2O3. The number of carbonyl (C=O) groups is 2. The molecule has 4 saturated carbocycles. The van der Waals surface area contributed by atoms with Gasteiger partial charge in [-0.1, -0.05) is 0 Å². The van der Waals surface area contributed by atoms with Gasteiger partial charge in [0, 0.05) is 19.0 Å². The minimum absolute atomic E-state index is 0.0305. The van der Waals surface area contributed by atoms with Crippen LogP contribution in [0.4, 0.5) is 0 Å². The first kappa shape index (κ1) is 16.7. The molecule has 1 aromatic rings. The minimum atomic E-state index is -0.271. The van der Waals surface area contributed by atoms with Crippen LogP contribution in [0.3, 0.4) is 0 Å². The van der Waals surface area contributed by atoms with Crippen LogP contribution in [0.2, 0.25) is 0 Å². The Morgan fingerprint density at radius 1 is 1.20 bits per heavy atom. The van der Waals surface area contributed by atoms with Crippen molar-refractivity contribution in [3.8, 4) is 0 Å². The van der Waals surface area contributed by atoms with Gasteiger partial charge in [-0.15, -0.1) is 0 Å². The van der Waals surface area contributed by atoms with Crippen LogP contribution < -0.4 is 10.6 Å². The van der Waals surface area contributed by atoms with Crippen molar-refractivity contribution in [1.29, 1.82) is 0 Å². The molecule has 2 N–H and O–H groups in total. The Morgan fingerprint density at radius 3 is 2.40 bits per heavy atom. The molecular weight excluding hydrogens is 316 g/mol. The van der Waals surface area contributed by atoms with Gasteiger partial charge in [0.1, 0.15) is 0 Å². The van der Waals surface area contributed by atoms with E-state index in [0.29, 0.717) is 18.4 Å². The predicted molar refractivity (Wildman–Crippen MR) is 93.9 cm³/mol. The van der Waals surface area contributed by atoms with Gasteiger partial charge in [0.2, 0.25) is 5.91 Å². The van der Waals surface area contributed by atoms with Gasteiger partial charge in [-0.3, -0.25) is 9.59 Å². The molecule has 25 heavy (non-hydrogen) atoms. The van der Waals surface area contributed by atoms with E-state index in [1.165, 1.54) is 44.8 Å². The average molecular weight is 344 g/mol. The molecule has 0 aromatic carbocycles. The maximum absolute atomic E-state index is 12.3. The van der Waals surface area contributed by atoms with E-state index in [1.807, 2.05) is 0 Å². The van der Waals surface area contributed by atoms with Crippen LogP contribution in [0, 0.1) is 23.2 Å². The summed E-state index contributed by atoms with van der Waals surface area (Å²) in [6.45, 7) is 2.52. The molecule has 1 atom stereocenters. The molecule has 0 spiro atoms. The zero-order valence-corrected chi connectivity index (χ0v) is 14.9. The Bertz CT molecular complexity index is 602. The molecule has 4 bridgehead atoms. The van der Waals surface area contributed by atoms with Gasteiger partial charge in [-0.05, 0) is 80.8 Å². The number of carbonyl (C=O) groups excluding carboxylic acids is 2. The molecule has 1 heterocycles. The number of rotatable bonds is 6. The summed E-state index contributed by atoms with van der Waals surface area (Å²) in [7, 11) is 0. The highest BCUT2D eigenvalue weighted by Crippen LogP contribution is 2.61. The summed E-state index contributed by atoms with van der Waals surface area (Å²) >= 11 is 0. The van der Waals surface area contributed by atoms with Crippen LogP contribution in [-0.2, 0) is 4.79 Å². The van der Waals surface area contributed by atoms with Gasteiger partial charge in [-0.25, -0.2) is 0 Å². The Kier molecular flexibility index (Phi) is 4.34. The summed E-state index contributed by atoms with van der Waals surface area (Å²) in [6.07, 6.45) is 9.88. The smallest absolute Gasteiger partial charge is 0.286 e. The lowest BCUT2D eigenvalue weighted by Crippen LogP contribution is -2.56. The zero-order chi connectivity index (χ0) is 17.4. The van der Waals surface area contributed by atoms with E-state index in [2.05, 4.69) is 17.6 Å². The Hall–Kier alpha value is -1.78. The molecule has 1 aromatic heterocycles. The van der Waals surface area contributed by atoms with Crippen molar-refractivity contribution < 1.29 is 14.0 Å². The summed E-state index contributed by atoms with van der Waals surface area (Å²) in [6, 6.07) is 3.52. The molecule has 0 aliphatic heterocycles. The second-order valence-corrected chi connectivity index (χ2v) is 8.55. The monoisotopic (exact) mass is 344 g/mol. The van der Waals surface area contributed by atoms with E-state index in [4.69, 9.17) is 4.42 Å². The van der Waals surface area contributed by atoms with Crippen molar-refractivity contribution >= 4 is 11.8 Å². The van der Waals surface area contributed by atoms with E-state index in [0.717, 1.165) is 17.8 Å². The summed E-state index contributed by atoms with van der Waals surface area (Å²) in [4.78, 5) is 24.1. The van der Waals surface area contributed by atoms with Gasteiger partial charge in [-0.2, -0.15) is 0 Å². The third kappa shape index (κ3) is 3.33. The quantitative estimate of drug-likeness (QED) is 0.833. The fraction of sp³-hybridized carbons (Fsp3) is 0.700. The van der Waals surface area contributed by atoms with Gasteiger partial charge in [0.05, 0.1) is 6.26 Å². The normalized spacial score (nSPS) is 33.9. The van der Waals surface area contributed by atoms with Crippen LogP contribution in [0.5, 0.6) is 0 Å². The predicted octanol–water partition coefficient (Wildman–Crippen LogP) is 3.12. The van der Waals surface area contributed by atoms with E-state index in [1.54, 1.807) is 12.1 Å². The number of furan rings is 1. The second kappa shape index (κ2) is 6.50. The van der Waals surface area contributed by atoms with Crippen molar-refractivity contribution in [3.63, 3.8) is 0 Å². The fourth-order valence-electron chi connectivity index (χ4n) is 5.96. The second-order valence-electron chi connectivity index (χ2n) is 8.55. The summed E-state index contributed by atoms with van der Waals surface area (Å²) < 4.78 is 5.04. The summed E-state index contributed by atoms with van der Waals surface area (Å²) in [5, 5.41) is 5.96. The highest BCUT2D eigenvalue weighted by Gasteiger charge is 2.53. The molecule has 136 valence electrons. The van der Waals surface area contributed by atoms with Crippen molar-refractivity contribution in [2.75, 3.05) is 6.54 Å². The van der Waals surface area contributed by atoms with Crippen LogP contribution in [0.15, 0.2) is 22.8 Å². The largest absolute Gasteiger partial charge is 0.459 e. The van der Waals surface area contributed by atoms with E-state index < -0.39 is 0 Å². The molecule has 0 saturated heterocycles. The topological polar surface area (TPSA) is 71.3 Å². The third-order valence-corrected chi connectivity index (χ3v) is 6.76. The molecule has 4 aliphatic carbocycles. The van der Waals surface area contributed by atoms with E-state index in [-0.39, 0.29) is 23.6 Å². The molecule has 5 nitrogen and oxygen atoms in total. The highest BCUT2D eigenvalue weighted by atomic mass is 16.3. The Labute approximate surface area is 148 Å². The first-order valence-electron chi connectivity index (χ1n) is 9.65. The lowest BCUT2D eigenvalue weighted by molar-refractivity contribution is -0.125. The highest BCUT2D eigenvalue weighted by molar-refractivity contribution is 5.91. The Morgan fingerprint density at radius 2 is 1.84 bits per heavy atom. The van der Waals surface area contributed by atoms with Crippen molar-refractivity contribution in [3.05, 3.63) is 24.2 Å². The average Bonchev–Trinajstić information content (AvgIpc) is 3.08. The molecule has 0 unspecified atom stereocenters. The molecule has 4 aliphatic rings. The number of nitrogens with one attached hydrogen (secondary N) is 2. The molecule has 5 rings (SSSR count). The van der Waals surface area contributed by atoms with E-state index in [9.17, 15) is 9.59 Å². The van der Waals surface area contributed by atoms with Crippen LogP contribution >= 0.6 is 0 Å². The fourth-order valence-corrected chi connectivity index (χ4v) is 5.96. The first-order valence-corrected chi connectivity index (χ1v) is 9.65. The lowest BCUT2D eigenvalue weighted by Gasteiger charge is -2.59. The lowest BCUT2D eigenvalue weighted by atomic mass is 9.48. The maximum Gasteiger partial charge on any atom is 0.286 e. The third-order valence-electron chi connectivity index (χ3n) is 6.76. The van der Waals surface area contributed by atoms with Crippen LogP contribution in [-0.4, -0.2) is 24.4 Å². The number of amides is 2. The molecule has 2 amide bonds. The zero-order valence-electron chi connectivity index (χ0n) is 14.9. The standard InChI is InChI=1S/C20H28N2O3/c1-13(20-10-14-7-15(11-20)9-16(8-14)12-20)22-18(23)4-5-21-19(24)17-3-2-6-25-17/h2-3,6,13-16H,4-5,7-12H2,1H3,(H,21,24)(H,22,23)/t13-,14?,15?,16?,20?/m1/s1. The van der Waals surface area contributed by atoms with Crippen LogP contribution in [0.1, 0.15) is 62.4 Å². The van der Waals surface area contributed by atoms with Gasteiger partial charge < -0.3 is 15.1 Å². The number of hydrogen-bond acceptors (Lipinski definition) is 3. The minimum Gasteiger partial charge on any atom is -0.459 e. The molecule has 4 fully saturated rings. The van der Waals surface area contributed by atoms with Gasteiger partial charge in [0.15, 0.2) is 5.76 Å². The Balaban J connectivity index is 1.26. The maximum atomic E-state index is 12.3. The number of hydrogen-bond donors (Lipinski definition) is 2. The molecule has 5 heteroatoms.